The molecule has 0 aliphatic heterocycles. The molecule has 0 aromatic heterocycles. The van der Waals surface area contributed by atoms with Crippen molar-refractivity contribution < 1.29 is 0 Å². The van der Waals surface area contributed by atoms with Crippen LogP contribution in [0.3, 0.4) is 0 Å². The second-order valence-electron chi connectivity index (χ2n) is 7.88. The molecule has 0 aliphatic carbocycles. The minimum absolute atomic E-state index is 0.419. The van der Waals surface area contributed by atoms with Crippen LogP contribution in [0.15, 0.2) is 12.3 Å². The van der Waals surface area contributed by atoms with Gasteiger partial charge in [0.1, 0.15) is 16.5 Å². The molecule has 0 unspecified atom stereocenters. The Balaban J connectivity index is 5.09. The first kappa shape index (κ1) is 18.0. The van der Waals surface area contributed by atoms with E-state index in [2.05, 4.69) is 76.9 Å². The van der Waals surface area contributed by atoms with Crippen molar-refractivity contribution in [3.8, 4) is 0 Å². The quantitative estimate of drug-likeness (QED) is 0.438. The molecular formula is C15H35NSi2. The summed E-state index contributed by atoms with van der Waals surface area (Å²) in [5.74, 6) is 0. The van der Waals surface area contributed by atoms with Gasteiger partial charge in [0.25, 0.3) is 0 Å². The zero-order valence-corrected chi connectivity index (χ0v) is 16.2. The average molecular weight is 286 g/mol. The molecule has 1 nitrogen and oxygen atoms in total. The van der Waals surface area contributed by atoms with Crippen LogP contribution in [0.1, 0.15) is 47.0 Å². The highest BCUT2D eigenvalue weighted by Crippen LogP contribution is 2.40. The standard InChI is InChI=1S/C15H35NSi2/c1-10-11-12-13-14-16(17(5,6)7)18(8,9)15(2,3)4/h13-14H,10-12H2,1-9H3. The maximum absolute atomic E-state index is 2.80. The topological polar surface area (TPSA) is 3.24 Å². The first-order chi connectivity index (χ1) is 7.94. The largest absolute Gasteiger partial charge is 0.430 e. The van der Waals surface area contributed by atoms with Crippen molar-refractivity contribution in [2.45, 2.75) is 84.7 Å². The fourth-order valence-electron chi connectivity index (χ4n) is 2.11. The Morgan fingerprint density at radius 3 is 1.83 bits per heavy atom. The summed E-state index contributed by atoms with van der Waals surface area (Å²) in [7, 11) is -2.71. The zero-order chi connectivity index (χ0) is 14.6. The van der Waals surface area contributed by atoms with E-state index in [4.69, 9.17) is 0 Å². The lowest BCUT2D eigenvalue weighted by atomic mass is 10.2. The molecule has 0 amide bonds. The smallest absolute Gasteiger partial charge is 0.146 e. The van der Waals surface area contributed by atoms with Crippen molar-refractivity contribution in [1.29, 1.82) is 0 Å². The van der Waals surface area contributed by atoms with Gasteiger partial charge in [-0.3, -0.25) is 0 Å². The highest BCUT2D eigenvalue weighted by Gasteiger charge is 2.44. The van der Waals surface area contributed by atoms with Gasteiger partial charge in [0.15, 0.2) is 0 Å². The summed E-state index contributed by atoms with van der Waals surface area (Å²) in [5.41, 5.74) is 0. The predicted octanol–water partition coefficient (Wildman–Crippen LogP) is 5.83. The van der Waals surface area contributed by atoms with E-state index in [1.807, 2.05) is 0 Å². The van der Waals surface area contributed by atoms with Gasteiger partial charge in [-0.05, 0) is 17.7 Å². The van der Waals surface area contributed by atoms with Crippen molar-refractivity contribution in [2.75, 3.05) is 0 Å². The van der Waals surface area contributed by atoms with Crippen molar-refractivity contribution >= 4 is 16.5 Å². The maximum atomic E-state index is 2.80. The summed E-state index contributed by atoms with van der Waals surface area (Å²) in [5, 5.41) is 0.419. The number of nitrogens with zero attached hydrogens (tertiary/aromatic N) is 1. The molecule has 18 heavy (non-hydrogen) atoms. The summed E-state index contributed by atoms with van der Waals surface area (Å²) in [4.78, 5) is 0. The third-order valence-corrected chi connectivity index (χ3v) is 14.4. The zero-order valence-electron chi connectivity index (χ0n) is 14.2. The van der Waals surface area contributed by atoms with Crippen LogP contribution in [0.4, 0.5) is 0 Å². The molecule has 3 heteroatoms. The number of unbranched alkanes of at least 4 members (excludes halogenated alkanes) is 2. The normalized spacial score (nSPS) is 14.3. The first-order valence-electron chi connectivity index (χ1n) is 7.40. The van der Waals surface area contributed by atoms with Crippen LogP contribution in [-0.4, -0.2) is 20.7 Å². The lowest BCUT2D eigenvalue weighted by Crippen LogP contribution is -2.61. The summed E-state index contributed by atoms with van der Waals surface area (Å²) in [6, 6.07) is 0. The van der Waals surface area contributed by atoms with E-state index in [-0.39, 0.29) is 0 Å². The average Bonchev–Trinajstić information content (AvgIpc) is 2.13. The summed E-state index contributed by atoms with van der Waals surface area (Å²) in [6.45, 7) is 21.9. The lowest BCUT2D eigenvalue weighted by molar-refractivity contribution is 0.643. The Morgan fingerprint density at radius 2 is 1.50 bits per heavy atom. The molecule has 0 bridgehead atoms. The fraction of sp³-hybridized carbons (Fsp3) is 0.867. The van der Waals surface area contributed by atoms with E-state index in [9.17, 15) is 0 Å². The van der Waals surface area contributed by atoms with Gasteiger partial charge in [-0.25, -0.2) is 0 Å². The Hall–Kier alpha value is -0.0262. The van der Waals surface area contributed by atoms with E-state index in [1.54, 1.807) is 0 Å². The fourth-order valence-corrected chi connectivity index (χ4v) is 11.6. The highest BCUT2D eigenvalue weighted by atomic mass is 28.4. The molecule has 0 spiro atoms. The van der Waals surface area contributed by atoms with Crippen LogP contribution in [0.5, 0.6) is 0 Å². The van der Waals surface area contributed by atoms with E-state index < -0.39 is 16.5 Å². The van der Waals surface area contributed by atoms with Crippen molar-refractivity contribution in [2.24, 2.45) is 0 Å². The van der Waals surface area contributed by atoms with Gasteiger partial charge in [-0.2, -0.15) is 0 Å². The Morgan fingerprint density at radius 1 is 1.00 bits per heavy atom. The van der Waals surface area contributed by atoms with Gasteiger partial charge < -0.3 is 4.23 Å². The third-order valence-electron chi connectivity index (χ3n) is 4.14. The van der Waals surface area contributed by atoms with Crippen LogP contribution in [0.25, 0.3) is 0 Å². The van der Waals surface area contributed by atoms with Gasteiger partial charge in [0, 0.05) is 0 Å². The monoisotopic (exact) mass is 285 g/mol. The number of allylic oxidation sites excluding steroid dienone is 1. The molecule has 0 aliphatic rings. The Bertz CT molecular complexity index is 269. The van der Waals surface area contributed by atoms with Gasteiger partial charge in [0.2, 0.25) is 0 Å². The van der Waals surface area contributed by atoms with E-state index in [0.29, 0.717) is 5.04 Å². The number of hydrogen-bond acceptors (Lipinski definition) is 1. The molecule has 0 saturated heterocycles. The maximum Gasteiger partial charge on any atom is 0.146 e. The van der Waals surface area contributed by atoms with E-state index in [0.717, 1.165) is 0 Å². The van der Waals surface area contributed by atoms with Gasteiger partial charge in [-0.15, -0.1) is 0 Å². The number of rotatable bonds is 6. The van der Waals surface area contributed by atoms with Crippen molar-refractivity contribution in [3.05, 3.63) is 12.3 Å². The van der Waals surface area contributed by atoms with Gasteiger partial charge in [-0.1, -0.05) is 79.3 Å². The van der Waals surface area contributed by atoms with Gasteiger partial charge >= 0.3 is 0 Å². The molecule has 0 aromatic rings. The van der Waals surface area contributed by atoms with Crippen molar-refractivity contribution in [1.82, 2.24) is 4.23 Å². The molecular weight excluding hydrogens is 250 g/mol. The van der Waals surface area contributed by atoms with E-state index in [1.165, 1.54) is 19.3 Å². The van der Waals surface area contributed by atoms with Crippen LogP contribution in [0.2, 0.25) is 37.8 Å². The minimum Gasteiger partial charge on any atom is -0.430 e. The van der Waals surface area contributed by atoms with Crippen LogP contribution in [-0.2, 0) is 0 Å². The summed E-state index contributed by atoms with van der Waals surface area (Å²) in [6.07, 6.45) is 8.68. The summed E-state index contributed by atoms with van der Waals surface area (Å²) < 4.78 is 2.80. The van der Waals surface area contributed by atoms with Crippen molar-refractivity contribution in [3.63, 3.8) is 0 Å². The van der Waals surface area contributed by atoms with Gasteiger partial charge in [0.05, 0.1) is 0 Å². The Kier molecular flexibility index (Phi) is 6.41. The molecule has 0 heterocycles. The molecule has 0 aromatic carbocycles. The van der Waals surface area contributed by atoms with Crippen LogP contribution < -0.4 is 0 Å². The van der Waals surface area contributed by atoms with Crippen LogP contribution >= 0.6 is 0 Å². The first-order valence-corrected chi connectivity index (χ1v) is 13.8. The molecule has 0 saturated carbocycles. The second-order valence-corrected chi connectivity index (χ2v) is 18.2. The molecule has 0 atom stereocenters. The summed E-state index contributed by atoms with van der Waals surface area (Å²) >= 11 is 0. The third kappa shape index (κ3) is 4.92. The lowest BCUT2D eigenvalue weighted by Gasteiger charge is -2.51. The molecule has 108 valence electrons. The SMILES string of the molecule is CCCCC=CN([Si](C)(C)C)[Si](C)(C)C(C)(C)C. The van der Waals surface area contributed by atoms with Crippen LogP contribution in [0, 0.1) is 0 Å². The molecule has 0 fully saturated rings. The molecule has 0 radical (unpaired) electrons. The highest BCUT2D eigenvalue weighted by molar-refractivity contribution is 6.91. The number of hydrogen-bond donors (Lipinski definition) is 0. The minimum atomic E-state index is -1.42. The predicted molar refractivity (Wildman–Crippen MR) is 91.0 cm³/mol. The Labute approximate surface area is 118 Å². The molecule has 0 N–H and O–H groups in total. The molecule has 0 rings (SSSR count). The van der Waals surface area contributed by atoms with E-state index >= 15 is 0 Å². The second kappa shape index (κ2) is 6.42.